The van der Waals surface area contributed by atoms with Gasteiger partial charge in [0, 0.05) is 16.1 Å². The highest BCUT2D eigenvalue weighted by atomic mass is 35.5. The van der Waals surface area contributed by atoms with E-state index in [9.17, 15) is 0 Å². The Morgan fingerprint density at radius 2 is 1.58 bits per heavy atom. The summed E-state index contributed by atoms with van der Waals surface area (Å²) in [4.78, 5) is 0. The largest absolute Gasteiger partial charge is 0.381 e. The van der Waals surface area contributed by atoms with Gasteiger partial charge >= 0.3 is 0 Å². The van der Waals surface area contributed by atoms with Gasteiger partial charge in [-0.2, -0.15) is 0 Å². The van der Waals surface area contributed by atoms with Gasteiger partial charge in [0.15, 0.2) is 0 Å². The molecule has 1 nitrogen and oxygen atoms in total. The lowest BCUT2D eigenvalue weighted by molar-refractivity contribution is 0.790. The van der Waals surface area contributed by atoms with E-state index in [0.717, 1.165) is 17.1 Å². The molecule has 0 fully saturated rings. The van der Waals surface area contributed by atoms with Gasteiger partial charge in [0.2, 0.25) is 0 Å². The van der Waals surface area contributed by atoms with Crippen molar-refractivity contribution in [3.63, 3.8) is 0 Å². The predicted octanol–water partition coefficient (Wildman–Crippen LogP) is 5.69. The SMILES string of the molecule is CC(Cc1ccc(Cl)cc1)Nc1cc(Cl)ccc1Cl. The molecule has 1 unspecified atom stereocenters. The number of rotatable bonds is 4. The highest BCUT2D eigenvalue weighted by Gasteiger charge is 2.07. The maximum atomic E-state index is 6.13. The maximum absolute atomic E-state index is 6.13. The summed E-state index contributed by atoms with van der Waals surface area (Å²) in [7, 11) is 0. The van der Waals surface area contributed by atoms with Gasteiger partial charge in [-0.05, 0) is 49.2 Å². The fraction of sp³-hybridized carbons (Fsp3) is 0.200. The molecule has 0 saturated heterocycles. The maximum Gasteiger partial charge on any atom is 0.0638 e. The monoisotopic (exact) mass is 313 g/mol. The van der Waals surface area contributed by atoms with Crippen LogP contribution in [-0.4, -0.2) is 6.04 Å². The third-order valence-electron chi connectivity index (χ3n) is 2.79. The van der Waals surface area contributed by atoms with E-state index in [1.807, 2.05) is 30.3 Å². The summed E-state index contributed by atoms with van der Waals surface area (Å²) >= 11 is 18.0. The van der Waals surface area contributed by atoms with Crippen molar-refractivity contribution in [2.75, 3.05) is 5.32 Å². The third-order valence-corrected chi connectivity index (χ3v) is 3.60. The molecule has 2 aromatic carbocycles. The van der Waals surface area contributed by atoms with Crippen molar-refractivity contribution < 1.29 is 0 Å². The van der Waals surface area contributed by atoms with Crippen molar-refractivity contribution in [3.05, 3.63) is 63.1 Å². The standard InChI is InChI=1S/C15H14Cl3N/c1-10(8-11-2-4-12(16)5-3-11)19-15-9-13(17)6-7-14(15)18/h2-7,9-10,19H,8H2,1H3. The molecule has 0 aliphatic carbocycles. The molecular formula is C15H14Cl3N. The lowest BCUT2D eigenvalue weighted by atomic mass is 10.1. The molecule has 1 N–H and O–H groups in total. The Labute approximate surface area is 128 Å². The van der Waals surface area contributed by atoms with Crippen molar-refractivity contribution in [1.82, 2.24) is 0 Å². The predicted molar refractivity (Wildman–Crippen MR) is 84.7 cm³/mol. The molecule has 0 aliphatic rings. The molecule has 0 bridgehead atoms. The van der Waals surface area contributed by atoms with Crippen LogP contribution in [0.25, 0.3) is 0 Å². The molecule has 2 aromatic rings. The summed E-state index contributed by atoms with van der Waals surface area (Å²) in [5.74, 6) is 0. The second kappa shape index (κ2) is 6.51. The van der Waals surface area contributed by atoms with E-state index in [4.69, 9.17) is 34.8 Å². The minimum atomic E-state index is 0.247. The Bertz CT molecular complexity index is 552. The van der Waals surface area contributed by atoms with Crippen molar-refractivity contribution >= 4 is 40.5 Å². The highest BCUT2D eigenvalue weighted by molar-refractivity contribution is 6.35. The van der Waals surface area contributed by atoms with E-state index in [2.05, 4.69) is 12.2 Å². The molecule has 0 saturated carbocycles. The summed E-state index contributed by atoms with van der Waals surface area (Å²) in [6, 6.07) is 13.5. The summed E-state index contributed by atoms with van der Waals surface area (Å²) in [5.41, 5.74) is 2.08. The van der Waals surface area contributed by atoms with Crippen LogP contribution in [0.3, 0.4) is 0 Å². The molecule has 0 heterocycles. The van der Waals surface area contributed by atoms with Crippen LogP contribution in [0, 0.1) is 0 Å². The highest BCUT2D eigenvalue weighted by Crippen LogP contribution is 2.26. The van der Waals surface area contributed by atoms with E-state index in [1.165, 1.54) is 5.56 Å². The smallest absolute Gasteiger partial charge is 0.0638 e. The number of hydrogen-bond acceptors (Lipinski definition) is 1. The molecule has 2 rings (SSSR count). The second-order valence-electron chi connectivity index (χ2n) is 4.50. The summed E-state index contributed by atoms with van der Waals surface area (Å²) in [6.07, 6.45) is 0.889. The van der Waals surface area contributed by atoms with Gasteiger partial charge in [-0.25, -0.2) is 0 Å². The van der Waals surface area contributed by atoms with Crippen LogP contribution in [0.15, 0.2) is 42.5 Å². The van der Waals surface area contributed by atoms with Crippen LogP contribution < -0.4 is 5.32 Å². The number of halogens is 3. The molecule has 0 amide bonds. The first kappa shape index (κ1) is 14.5. The van der Waals surface area contributed by atoms with E-state index >= 15 is 0 Å². The first-order valence-electron chi connectivity index (χ1n) is 6.00. The molecule has 100 valence electrons. The Balaban J connectivity index is 2.02. The number of hydrogen-bond donors (Lipinski definition) is 1. The van der Waals surface area contributed by atoms with Crippen molar-refractivity contribution in [3.8, 4) is 0 Å². The van der Waals surface area contributed by atoms with E-state index in [1.54, 1.807) is 12.1 Å². The molecule has 0 aromatic heterocycles. The molecular weight excluding hydrogens is 301 g/mol. The number of nitrogens with one attached hydrogen (secondary N) is 1. The Kier molecular flexibility index (Phi) is 4.98. The molecule has 19 heavy (non-hydrogen) atoms. The van der Waals surface area contributed by atoms with E-state index in [-0.39, 0.29) is 6.04 Å². The molecule has 4 heteroatoms. The molecule has 0 spiro atoms. The topological polar surface area (TPSA) is 12.0 Å². The van der Waals surface area contributed by atoms with Crippen LogP contribution >= 0.6 is 34.8 Å². The van der Waals surface area contributed by atoms with Gasteiger partial charge in [-0.15, -0.1) is 0 Å². The van der Waals surface area contributed by atoms with Gasteiger partial charge in [0.25, 0.3) is 0 Å². The molecule has 0 radical (unpaired) electrons. The van der Waals surface area contributed by atoms with E-state index in [0.29, 0.717) is 10.0 Å². The minimum Gasteiger partial charge on any atom is -0.381 e. The summed E-state index contributed by atoms with van der Waals surface area (Å²) < 4.78 is 0. The van der Waals surface area contributed by atoms with Crippen LogP contribution in [0.5, 0.6) is 0 Å². The van der Waals surface area contributed by atoms with Crippen molar-refractivity contribution in [2.24, 2.45) is 0 Å². The summed E-state index contributed by atoms with van der Waals surface area (Å²) in [5, 5.41) is 5.46. The van der Waals surface area contributed by atoms with Crippen LogP contribution in [0.1, 0.15) is 12.5 Å². The van der Waals surface area contributed by atoms with Crippen LogP contribution in [0.4, 0.5) is 5.69 Å². The first-order valence-corrected chi connectivity index (χ1v) is 7.14. The summed E-state index contributed by atoms with van der Waals surface area (Å²) in [6.45, 7) is 2.10. The quantitative estimate of drug-likeness (QED) is 0.764. The fourth-order valence-corrected chi connectivity index (χ4v) is 2.37. The van der Waals surface area contributed by atoms with Gasteiger partial charge in [0.1, 0.15) is 0 Å². The van der Waals surface area contributed by atoms with Crippen LogP contribution in [-0.2, 0) is 6.42 Å². The Morgan fingerprint density at radius 1 is 0.947 bits per heavy atom. The Hall–Kier alpha value is -0.890. The zero-order valence-corrected chi connectivity index (χ0v) is 12.7. The molecule has 0 aliphatic heterocycles. The van der Waals surface area contributed by atoms with Gasteiger partial charge < -0.3 is 5.32 Å². The second-order valence-corrected chi connectivity index (χ2v) is 5.78. The zero-order chi connectivity index (χ0) is 13.8. The van der Waals surface area contributed by atoms with Gasteiger partial charge in [-0.1, -0.05) is 46.9 Å². The third kappa shape index (κ3) is 4.31. The number of anilines is 1. The fourth-order valence-electron chi connectivity index (χ4n) is 1.90. The zero-order valence-electron chi connectivity index (χ0n) is 10.5. The molecule has 1 atom stereocenters. The number of benzene rings is 2. The van der Waals surface area contributed by atoms with Crippen molar-refractivity contribution in [1.29, 1.82) is 0 Å². The normalized spacial score (nSPS) is 12.2. The van der Waals surface area contributed by atoms with Gasteiger partial charge in [-0.3, -0.25) is 0 Å². The first-order chi connectivity index (χ1) is 9.04. The van der Waals surface area contributed by atoms with E-state index < -0.39 is 0 Å². The van der Waals surface area contributed by atoms with Crippen molar-refractivity contribution in [2.45, 2.75) is 19.4 Å². The lowest BCUT2D eigenvalue weighted by Gasteiger charge is -2.16. The minimum absolute atomic E-state index is 0.247. The van der Waals surface area contributed by atoms with Gasteiger partial charge in [0.05, 0.1) is 10.7 Å². The Morgan fingerprint density at radius 3 is 2.26 bits per heavy atom. The average Bonchev–Trinajstić information content (AvgIpc) is 2.37. The van der Waals surface area contributed by atoms with Crippen LogP contribution in [0.2, 0.25) is 15.1 Å². The average molecular weight is 315 g/mol. The lowest BCUT2D eigenvalue weighted by Crippen LogP contribution is -2.18.